The molecule has 0 saturated heterocycles. The van der Waals surface area contributed by atoms with Gasteiger partial charge in [0.05, 0.1) is 13.7 Å². The molecular weight excluding hydrogens is 236 g/mol. The summed E-state index contributed by atoms with van der Waals surface area (Å²) >= 11 is 0. The van der Waals surface area contributed by atoms with Gasteiger partial charge >= 0.3 is 0 Å². The van der Waals surface area contributed by atoms with Gasteiger partial charge in [-0.3, -0.25) is 0 Å². The molecule has 19 heavy (non-hydrogen) atoms. The number of hydrogen-bond acceptors (Lipinski definition) is 2. The molecule has 0 fully saturated rings. The summed E-state index contributed by atoms with van der Waals surface area (Å²) in [6.07, 6.45) is 2.11. The van der Waals surface area contributed by atoms with Crippen molar-refractivity contribution in [1.82, 2.24) is 4.57 Å². The normalized spacial score (nSPS) is 10.5. The molecule has 3 heteroatoms. The lowest BCUT2D eigenvalue weighted by atomic mass is 10.1. The van der Waals surface area contributed by atoms with Gasteiger partial charge in [0.25, 0.3) is 0 Å². The Kier molecular flexibility index (Phi) is 4.15. The molecular formula is C16H22N2O. The lowest BCUT2D eigenvalue weighted by Gasteiger charge is -2.15. The van der Waals surface area contributed by atoms with Crippen LogP contribution in [0.15, 0.2) is 30.5 Å². The summed E-state index contributed by atoms with van der Waals surface area (Å²) < 4.78 is 7.70. The molecule has 0 atom stereocenters. The largest absolute Gasteiger partial charge is 0.496 e. The summed E-state index contributed by atoms with van der Waals surface area (Å²) in [4.78, 5) is 0. The van der Waals surface area contributed by atoms with Gasteiger partial charge in [-0.05, 0) is 44.5 Å². The average Bonchev–Trinajstić information content (AvgIpc) is 2.86. The predicted octanol–water partition coefficient (Wildman–Crippen LogP) is 3.75. The van der Waals surface area contributed by atoms with Crippen molar-refractivity contribution in [1.29, 1.82) is 0 Å². The van der Waals surface area contributed by atoms with Crippen molar-refractivity contribution in [2.24, 2.45) is 0 Å². The number of benzene rings is 1. The Hall–Kier alpha value is -1.90. The Morgan fingerprint density at radius 2 is 2.00 bits per heavy atom. The third-order valence-corrected chi connectivity index (χ3v) is 3.53. The Morgan fingerprint density at radius 3 is 2.68 bits per heavy atom. The quantitative estimate of drug-likeness (QED) is 0.884. The minimum absolute atomic E-state index is 0.827. The molecule has 0 aliphatic heterocycles. The second-order valence-corrected chi connectivity index (χ2v) is 4.73. The molecule has 0 unspecified atom stereocenters. The molecule has 0 aliphatic carbocycles. The molecule has 1 aromatic heterocycles. The molecule has 1 N–H and O–H groups in total. The van der Waals surface area contributed by atoms with Gasteiger partial charge in [0.1, 0.15) is 5.75 Å². The first-order valence-corrected chi connectivity index (χ1v) is 6.69. The van der Waals surface area contributed by atoms with Crippen LogP contribution in [0.1, 0.15) is 23.7 Å². The first-order chi connectivity index (χ1) is 9.17. The van der Waals surface area contributed by atoms with E-state index in [4.69, 9.17) is 4.74 Å². The summed E-state index contributed by atoms with van der Waals surface area (Å²) in [7, 11) is 1.72. The summed E-state index contributed by atoms with van der Waals surface area (Å²) in [6, 6.07) is 8.44. The molecule has 0 amide bonds. The number of ether oxygens (including phenoxy) is 1. The Balaban J connectivity index is 2.16. The molecule has 0 radical (unpaired) electrons. The van der Waals surface area contributed by atoms with Crippen LogP contribution < -0.4 is 10.1 Å². The second kappa shape index (κ2) is 5.83. The van der Waals surface area contributed by atoms with E-state index in [-0.39, 0.29) is 0 Å². The fourth-order valence-electron chi connectivity index (χ4n) is 2.44. The van der Waals surface area contributed by atoms with Gasteiger partial charge in [-0.25, -0.2) is 0 Å². The van der Waals surface area contributed by atoms with Crippen LogP contribution in [0.4, 0.5) is 5.69 Å². The van der Waals surface area contributed by atoms with E-state index in [1.165, 1.54) is 11.3 Å². The number of rotatable bonds is 5. The highest BCUT2D eigenvalue weighted by Crippen LogP contribution is 2.29. The number of nitrogens with zero attached hydrogens (tertiary/aromatic N) is 1. The van der Waals surface area contributed by atoms with E-state index in [0.717, 1.165) is 30.1 Å². The number of hydrogen-bond donors (Lipinski definition) is 1. The molecule has 2 rings (SSSR count). The molecule has 0 bridgehead atoms. The molecule has 0 spiro atoms. The number of anilines is 1. The number of aryl methyl sites for hydroxylation is 2. The highest BCUT2D eigenvalue weighted by molar-refractivity contribution is 5.59. The van der Waals surface area contributed by atoms with Gasteiger partial charge in [0, 0.05) is 29.7 Å². The van der Waals surface area contributed by atoms with Crippen molar-refractivity contribution in [3.63, 3.8) is 0 Å². The van der Waals surface area contributed by atoms with Crippen LogP contribution in [-0.2, 0) is 13.1 Å². The zero-order valence-corrected chi connectivity index (χ0v) is 12.2. The van der Waals surface area contributed by atoms with E-state index in [0.29, 0.717) is 0 Å². The fraction of sp³-hybridized carbons (Fsp3) is 0.375. The summed E-state index contributed by atoms with van der Waals surface area (Å²) in [5.74, 6) is 0.968. The van der Waals surface area contributed by atoms with E-state index in [2.05, 4.69) is 61.1 Å². The molecule has 2 aromatic rings. The molecule has 1 aromatic carbocycles. The number of methoxy groups -OCH3 is 1. The molecule has 0 saturated carbocycles. The Morgan fingerprint density at radius 1 is 1.21 bits per heavy atom. The maximum absolute atomic E-state index is 5.45. The second-order valence-electron chi connectivity index (χ2n) is 4.73. The minimum atomic E-state index is 0.827. The number of nitrogens with one attached hydrogen (secondary N) is 1. The monoisotopic (exact) mass is 258 g/mol. The highest BCUT2D eigenvalue weighted by atomic mass is 16.5. The van der Waals surface area contributed by atoms with E-state index in [1.54, 1.807) is 7.11 Å². The van der Waals surface area contributed by atoms with Gasteiger partial charge in [-0.15, -0.1) is 0 Å². The van der Waals surface area contributed by atoms with Gasteiger partial charge in [-0.2, -0.15) is 0 Å². The minimum Gasteiger partial charge on any atom is -0.496 e. The van der Waals surface area contributed by atoms with Crippen LogP contribution in [-0.4, -0.2) is 11.7 Å². The van der Waals surface area contributed by atoms with Gasteiger partial charge in [0.15, 0.2) is 0 Å². The van der Waals surface area contributed by atoms with Crippen molar-refractivity contribution < 1.29 is 4.74 Å². The third kappa shape index (κ3) is 2.75. The van der Waals surface area contributed by atoms with Crippen LogP contribution in [0.2, 0.25) is 0 Å². The first kappa shape index (κ1) is 13.5. The van der Waals surface area contributed by atoms with E-state index in [1.807, 2.05) is 0 Å². The van der Waals surface area contributed by atoms with Gasteiger partial charge in [-0.1, -0.05) is 6.07 Å². The topological polar surface area (TPSA) is 26.2 Å². The number of aromatic nitrogens is 1. The first-order valence-electron chi connectivity index (χ1n) is 6.69. The zero-order valence-electron chi connectivity index (χ0n) is 12.2. The van der Waals surface area contributed by atoms with Crippen molar-refractivity contribution in [3.05, 3.63) is 47.3 Å². The predicted molar refractivity (Wildman–Crippen MR) is 79.9 cm³/mol. The summed E-state index contributed by atoms with van der Waals surface area (Å²) in [6.45, 7) is 8.14. The summed E-state index contributed by atoms with van der Waals surface area (Å²) in [5.41, 5.74) is 4.76. The SMILES string of the molecule is CCn1cccc1CNc1ccc(C)c(OC)c1C. The van der Waals surface area contributed by atoms with Crippen LogP contribution in [0.3, 0.4) is 0 Å². The lowest BCUT2D eigenvalue weighted by Crippen LogP contribution is -2.07. The van der Waals surface area contributed by atoms with Crippen LogP contribution in [0.25, 0.3) is 0 Å². The van der Waals surface area contributed by atoms with Crippen molar-refractivity contribution >= 4 is 5.69 Å². The molecule has 0 aliphatic rings. The molecule has 1 heterocycles. The van der Waals surface area contributed by atoms with Gasteiger partial charge in [0.2, 0.25) is 0 Å². The fourth-order valence-corrected chi connectivity index (χ4v) is 2.44. The molecule has 102 valence electrons. The maximum atomic E-state index is 5.45. The van der Waals surface area contributed by atoms with Crippen molar-refractivity contribution in [2.75, 3.05) is 12.4 Å². The van der Waals surface area contributed by atoms with Crippen LogP contribution in [0.5, 0.6) is 5.75 Å². The van der Waals surface area contributed by atoms with E-state index < -0.39 is 0 Å². The smallest absolute Gasteiger partial charge is 0.126 e. The van der Waals surface area contributed by atoms with Crippen molar-refractivity contribution in [2.45, 2.75) is 33.9 Å². The average molecular weight is 258 g/mol. The van der Waals surface area contributed by atoms with E-state index >= 15 is 0 Å². The highest BCUT2D eigenvalue weighted by Gasteiger charge is 2.08. The maximum Gasteiger partial charge on any atom is 0.126 e. The Bertz CT molecular complexity index is 558. The molecule has 3 nitrogen and oxygen atoms in total. The Labute approximate surface area is 115 Å². The standard InChI is InChI=1S/C16H22N2O/c1-5-18-10-6-7-14(18)11-17-15-9-8-12(2)16(19-4)13(15)3/h6-10,17H,5,11H2,1-4H3. The summed E-state index contributed by atoms with van der Waals surface area (Å²) in [5, 5.41) is 3.49. The van der Waals surface area contributed by atoms with Crippen LogP contribution >= 0.6 is 0 Å². The van der Waals surface area contributed by atoms with Gasteiger partial charge < -0.3 is 14.6 Å². The van der Waals surface area contributed by atoms with E-state index in [9.17, 15) is 0 Å². The third-order valence-electron chi connectivity index (χ3n) is 3.53. The van der Waals surface area contributed by atoms with Crippen molar-refractivity contribution in [3.8, 4) is 5.75 Å². The van der Waals surface area contributed by atoms with Crippen LogP contribution in [0, 0.1) is 13.8 Å². The lowest BCUT2D eigenvalue weighted by molar-refractivity contribution is 0.409. The zero-order chi connectivity index (χ0) is 13.8.